The molecule has 0 aliphatic rings. The second-order valence-corrected chi connectivity index (χ2v) is 6.63. The normalized spacial score (nSPS) is 12.9. The minimum Gasteiger partial charge on any atom is -0.480 e. The number of carbonyl (C=O) groups is 2. The molecule has 1 aromatic carbocycles. The molecule has 0 saturated heterocycles. The maximum Gasteiger partial charge on any atom is 0.322 e. The van der Waals surface area contributed by atoms with Crippen LogP contribution in [0.5, 0.6) is 0 Å². The highest BCUT2D eigenvalue weighted by Crippen LogP contribution is 2.23. The molecule has 0 bridgehead atoms. The first-order valence-electron chi connectivity index (χ1n) is 5.28. The number of hydrogen-bond donors (Lipinski definition) is 2. The van der Waals surface area contributed by atoms with E-state index < -0.39 is 34.2 Å². The highest BCUT2D eigenvalue weighted by molar-refractivity contribution is 7.88. The Morgan fingerprint density at radius 3 is 2.35 bits per heavy atom. The third-order valence-corrected chi connectivity index (χ3v) is 3.74. The summed E-state index contributed by atoms with van der Waals surface area (Å²) in [5.41, 5.74) is 0.154. The van der Waals surface area contributed by atoms with Gasteiger partial charge in [-0.25, -0.2) is 13.1 Å². The standard InChI is InChI=1S/C11H11Cl2NO5S/c1-20(18,19)14-9(11(16)17)5-10(15)6-2-3-7(12)8(13)4-6/h2-4,9,14H,5H2,1H3,(H,16,17). The predicted molar refractivity (Wildman–Crippen MR) is 74.8 cm³/mol. The first-order valence-corrected chi connectivity index (χ1v) is 7.93. The number of carbonyl (C=O) groups excluding carboxylic acids is 1. The molecule has 9 heteroatoms. The molecule has 0 saturated carbocycles. The van der Waals surface area contributed by atoms with Crippen LogP contribution in [0.4, 0.5) is 0 Å². The molecule has 0 aliphatic carbocycles. The zero-order valence-corrected chi connectivity index (χ0v) is 12.6. The van der Waals surface area contributed by atoms with Crippen molar-refractivity contribution in [2.45, 2.75) is 12.5 Å². The average molecular weight is 340 g/mol. The number of carboxylic acid groups (broad SMARTS) is 1. The molecule has 6 nitrogen and oxygen atoms in total. The summed E-state index contributed by atoms with van der Waals surface area (Å²) < 4.78 is 24.0. The number of Topliss-reactive ketones (excluding diaryl/α,β-unsaturated/α-hetero) is 1. The van der Waals surface area contributed by atoms with E-state index in [0.29, 0.717) is 0 Å². The lowest BCUT2D eigenvalue weighted by atomic mass is 10.0. The van der Waals surface area contributed by atoms with Gasteiger partial charge in [-0.05, 0) is 18.2 Å². The van der Waals surface area contributed by atoms with Crippen LogP contribution in [0.15, 0.2) is 18.2 Å². The molecule has 1 atom stereocenters. The van der Waals surface area contributed by atoms with Crippen molar-refractivity contribution in [3.63, 3.8) is 0 Å². The smallest absolute Gasteiger partial charge is 0.322 e. The molecule has 0 fully saturated rings. The molecule has 0 heterocycles. The number of nitrogens with one attached hydrogen (secondary N) is 1. The van der Waals surface area contributed by atoms with E-state index in [1.807, 2.05) is 4.72 Å². The number of aliphatic carboxylic acids is 1. The van der Waals surface area contributed by atoms with Gasteiger partial charge in [0.2, 0.25) is 10.0 Å². The SMILES string of the molecule is CS(=O)(=O)NC(CC(=O)c1ccc(Cl)c(Cl)c1)C(=O)O. The lowest BCUT2D eigenvalue weighted by Crippen LogP contribution is -2.41. The van der Waals surface area contributed by atoms with Crippen molar-refractivity contribution >= 4 is 45.0 Å². The minimum absolute atomic E-state index is 0.153. The van der Waals surface area contributed by atoms with Gasteiger partial charge in [-0.2, -0.15) is 0 Å². The zero-order chi connectivity index (χ0) is 15.5. The summed E-state index contributed by atoms with van der Waals surface area (Å²) >= 11 is 11.5. The Kier molecular flexibility index (Phi) is 5.52. The molecule has 1 aromatic rings. The highest BCUT2D eigenvalue weighted by Gasteiger charge is 2.25. The quantitative estimate of drug-likeness (QED) is 0.766. The molecule has 1 unspecified atom stereocenters. The fourth-order valence-corrected chi connectivity index (χ4v) is 2.41. The van der Waals surface area contributed by atoms with Crippen LogP contribution in [0.25, 0.3) is 0 Å². The lowest BCUT2D eigenvalue weighted by Gasteiger charge is -2.12. The van der Waals surface area contributed by atoms with E-state index in [9.17, 15) is 18.0 Å². The Morgan fingerprint density at radius 1 is 1.30 bits per heavy atom. The highest BCUT2D eigenvalue weighted by atomic mass is 35.5. The van der Waals surface area contributed by atoms with Gasteiger partial charge in [0.15, 0.2) is 5.78 Å². The number of carboxylic acids is 1. The van der Waals surface area contributed by atoms with Crippen LogP contribution in [-0.2, 0) is 14.8 Å². The molecule has 0 radical (unpaired) electrons. The number of hydrogen-bond acceptors (Lipinski definition) is 4. The van der Waals surface area contributed by atoms with Gasteiger partial charge in [-0.1, -0.05) is 23.2 Å². The molecule has 1 rings (SSSR count). The maximum absolute atomic E-state index is 11.9. The molecule has 0 spiro atoms. The second-order valence-electron chi connectivity index (χ2n) is 4.04. The molecule has 20 heavy (non-hydrogen) atoms. The minimum atomic E-state index is -3.74. The van der Waals surface area contributed by atoms with Crippen LogP contribution in [0, 0.1) is 0 Å². The van der Waals surface area contributed by atoms with E-state index >= 15 is 0 Å². The monoisotopic (exact) mass is 339 g/mol. The van der Waals surface area contributed by atoms with Crippen LogP contribution in [0.3, 0.4) is 0 Å². The van der Waals surface area contributed by atoms with E-state index in [-0.39, 0.29) is 15.6 Å². The average Bonchev–Trinajstić information content (AvgIpc) is 2.29. The number of sulfonamides is 1. The topological polar surface area (TPSA) is 101 Å². The maximum atomic E-state index is 11.9. The Balaban J connectivity index is 2.91. The van der Waals surface area contributed by atoms with Gasteiger partial charge >= 0.3 is 5.97 Å². The molecule has 0 aromatic heterocycles. The fraction of sp³-hybridized carbons (Fsp3) is 0.273. The summed E-state index contributed by atoms with van der Waals surface area (Å²) in [5.74, 6) is -2.00. The van der Waals surface area contributed by atoms with E-state index in [4.69, 9.17) is 28.3 Å². The third-order valence-electron chi connectivity index (χ3n) is 2.29. The fourth-order valence-electron chi connectivity index (χ4n) is 1.41. The van der Waals surface area contributed by atoms with E-state index in [1.165, 1.54) is 18.2 Å². The van der Waals surface area contributed by atoms with E-state index in [1.54, 1.807) is 0 Å². The molecule has 0 amide bonds. The van der Waals surface area contributed by atoms with Crippen LogP contribution >= 0.6 is 23.2 Å². The predicted octanol–water partition coefficient (Wildman–Crippen LogP) is 1.57. The summed E-state index contributed by atoms with van der Waals surface area (Å²) in [6.45, 7) is 0. The summed E-state index contributed by atoms with van der Waals surface area (Å²) in [6.07, 6.45) is 0.285. The number of rotatable bonds is 6. The Labute approximate surface area is 125 Å². The summed E-state index contributed by atoms with van der Waals surface area (Å²) in [6, 6.07) is 2.55. The molecule has 0 aliphatic heterocycles. The van der Waals surface area contributed by atoms with Gasteiger partial charge in [0, 0.05) is 12.0 Å². The second kappa shape index (κ2) is 6.53. The zero-order valence-electron chi connectivity index (χ0n) is 10.3. The number of halogens is 2. The van der Waals surface area contributed by atoms with Crippen molar-refractivity contribution in [3.8, 4) is 0 Å². The van der Waals surface area contributed by atoms with Crippen molar-refractivity contribution < 1.29 is 23.1 Å². The van der Waals surface area contributed by atoms with Crippen molar-refractivity contribution in [1.29, 1.82) is 0 Å². The van der Waals surface area contributed by atoms with Crippen LogP contribution < -0.4 is 4.72 Å². The molecular formula is C11H11Cl2NO5S. The first kappa shape index (κ1) is 16.9. The van der Waals surface area contributed by atoms with Crippen LogP contribution in [0.2, 0.25) is 10.0 Å². The Morgan fingerprint density at radius 2 is 1.90 bits per heavy atom. The lowest BCUT2D eigenvalue weighted by molar-refractivity contribution is -0.138. The van der Waals surface area contributed by atoms with Crippen molar-refractivity contribution in [2.75, 3.05) is 6.26 Å². The van der Waals surface area contributed by atoms with Gasteiger partial charge in [0.1, 0.15) is 6.04 Å². The number of ketones is 1. The Hall–Kier alpha value is -1.15. The number of benzene rings is 1. The third kappa shape index (κ3) is 5.09. The Bertz CT molecular complexity index is 644. The van der Waals surface area contributed by atoms with Crippen molar-refractivity contribution in [1.82, 2.24) is 4.72 Å². The summed E-state index contributed by atoms with van der Waals surface area (Å²) in [4.78, 5) is 22.8. The van der Waals surface area contributed by atoms with Crippen LogP contribution in [0.1, 0.15) is 16.8 Å². The van der Waals surface area contributed by atoms with Crippen molar-refractivity contribution in [3.05, 3.63) is 33.8 Å². The summed E-state index contributed by atoms with van der Waals surface area (Å²) in [7, 11) is -3.74. The molecular weight excluding hydrogens is 329 g/mol. The van der Waals surface area contributed by atoms with Crippen molar-refractivity contribution in [2.24, 2.45) is 0 Å². The van der Waals surface area contributed by atoms with Gasteiger partial charge in [0.05, 0.1) is 16.3 Å². The summed E-state index contributed by atoms with van der Waals surface area (Å²) in [5, 5.41) is 9.31. The molecule has 2 N–H and O–H groups in total. The van der Waals surface area contributed by atoms with Gasteiger partial charge in [-0.15, -0.1) is 0 Å². The van der Waals surface area contributed by atoms with E-state index in [0.717, 1.165) is 6.26 Å². The largest absolute Gasteiger partial charge is 0.480 e. The van der Waals surface area contributed by atoms with Crippen LogP contribution in [-0.4, -0.2) is 37.6 Å². The molecule has 110 valence electrons. The first-order chi connectivity index (χ1) is 9.10. The van der Waals surface area contributed by atoms with E-state index in [2.05, 4.69) is 0 Å². The van der Waals surface area contributed by atoms with Gasteiger partial charge in [0.25, 0.3) is 0 Å². The van der Waals surface area contributed by atoms with Gasteiger partial charge in [-0.3, -0.25) is 9.59 Å². The van der Waals surface area contributed by atoms with Gasteiger partial charge < -0.3 is 5.11 Å².